The fourth-order valence-corrected chi connectivity index (χ4v) is 3.27. The van der Waals surface area contributed by atoms with Crippen molar-refractivity contribution < 1.29 is 17.7 Å². The highest BCUT2D eigenvalue weighted by Crippen LogP contribution is 2.16. The Kier molecular flexibility index (Phi) is 4.14. The van der Waals surface area contributed by atoms with Gasteiger partial charge in [-0.05, 0) is 26.7 Å². The highest BCUT2D eigenvalue weighted by molar-refractivity contribution is 7.88. The Balaban J connectivity index is 1.95. The number of hydrogen-bond acceptors (Lipinski definition) is 5. The van der Waals surface area contributed by atoms with E-state index < -0.39 is 10.0 Å². The van der Waals surface area contributed by atoms with Gasteiger partial charge in [0.2, 0.25) is 10.0 Å². The van der Waals surface area contributed by atoms with Gasteiger partial charge in [-0.1, -0.05) is 5.16 Å². The number of amides is 1. The van der Waals surface area contributed by atoms with Gasteiger partial charge in [-0.2, -0.15) is 0 Å². The second-order valence-electron chi connectivity index (χ2n) is 5.11. The molecule has 20 heavy (non-hydrogen) atoms. The first-order valence-electron chi connectivity index (χ1n) is 6.48. The lowest BCUT2D eigenvalue weighted by Gasteiger charge is -2.30. The Labute approximate surface area is 118 Å². The Hall–Kier alpha value is -1.41. The van der Waals surface area contributed by atoms with E-state index in [1.165, 1.54) is 10.6 Å². The molecule has 1 fully saturated rings. The topological polar surface area (TPSA) is 92.5 Å². The summed E-state index contributed by atoms with van der Waals surface area (Å²) >= 11 is 0. The first-order valence-corrected chi connectivity index (χ1v) is 8.32. The maximum atomic E-state index is 12.2. The lowest BCUT2D eigenvalue weighted by Crippen LogP contribution is -2.46. The number of hydrogen-bond donors (Lipinski definition) is 1. The number of aryl methyl sites for hydroxylation is 2. The Morgan fingerprint density at radius 3 is 2.40 bits per heavy atom. The van der Waals surface area contributed by atoms with Gasteiger partial charge in [0.05, 0.1) is 11.9 Å². The average Bonchev–Trinajstić information content (AvgIpc) is 2.68. The van der Waals surface area contributed by atoms with Crippen LogP contribution in [0, 0.1) is 13.8 Å². The van der Waals surface area contributed by atoms with E-state index in [4.69, 9.17) is 4.52 Å². The molecule has 1 aliphatic rings. The number of sulfonamides is 1. The third-order valence-corrected chi connectivity index (χ3v) is 4.82. The highest BCUT2D eigenvalue weighted by atomic mass is 32.2. The van der Waals surface area contributed by atoms with E-state index in [0.717, 1.165) is 0 Å². The summed E-state index contributed by atoms with van der Waals surface area (Å²) in [5, 5.41) is 6.67. The predicted octanol–water partition coefficient (Wildman–Crippen LogP) is 0.445. The molecule has 1 aliphatic heterocycles. The third-order valence-electron chi connectivity index (χ3n) is 3.52. The van der Waals surface area contributed by atoms with Crippen molar-refractivity contribution >= 4 is 15.9 Å². The molecule has 1 aromatic rings. The summed E-state index contributed by atoms with van der Waals surface area (Å²) in [5.74, 6) is 0.285. The van der Waals surface area contributed by atoms with Crippen LogP contribution >= 0.6 is 0 Å². The molecule has 0 atom stereocenters. The van der Waals surface area contributed by atoms with E-state index in [2.05, 4.69) is 10.5 Å². The molecular formula is C12H19N3O4S. The summed E-state index contributed by atoms with van der Waals surface area (Å²) < 4.78 is 29.2. The molecular weight excluding hydrogens is 282 g/mol. The highest BCUT2D eigenvalue weighted by Gasteiger charge is 2.27. The molecule has 1 amide bonds. The molecule has 1 aromatic heterocycles. The molecule has 8 heteroatoms. The van der Waals surface area contributed by atoms with Gasteiger partial charge in [-0.3, -0.25) is 4.79 Å². The van der Waals surface area contributed by atoms with E-state index in [1.807, 2.05) is 0 Å². The molecule has 0 bridgehead atoms. The summed E-state index contributed by atoms with van der Waals surface area (Å²) in [5.41, 5.74) is 1.03. The maximum absolute atomic E-state index is 12.2. The van der Waals surface area contributed by atoms with Crippen LogP contribution in [0.4, 0.5) is 0 Å². The summed E-state index contributed by atoms with van der Waals surface area (Å²) in [7, 11) is -3.14. The fourth-order valence-electron chi connectivity index (χ4n) is 2.40. The molecule has 0 aliphatic carbocycles. The Morgan fingerprint density at radius 1 is 1.35 bits per heavy atom. The van der Waals surface area contributed by atoms with Crippen molar-refractivity contribution in [3.63, 3.8) is 0 Å². The standard InChI is InChI=1S/C12H19N3O4S/c1-8-11(9(2)19-14-8)12(16)13-10-4-6-15(7-5-10)20(3,17)18/h10H,4-7H2,1-3H3,(H,13,16). The zero-order chi connectivity index (χ0) is 14.9. The molecule has 0 spiro atoms. The molecule has 2 heterocycles. The van der Waals surface area contributed by atoms with Crippen molar-refractivity contribution in [1.29, 1.82) is 0 Å². The van der Waals surface area contributed by atoms with Crippen molar-refractivity contribution in [3.8, 4) is 0 Å². The number of piperidine rings is 1. The maximum Gasteiger partial charge on any atom is 0.257 e. The van der Waals surface area contributed by atoms with E-state index in [-0.39, 0.29) is 11.9 Å². The first-order chi connectivity index (χ1) is 9.29. The van der Waals surface area contributed by atoms with Crippen LogP contribution in [-0.2, 0) is 10.0 Å². The zero-order valence-electron chi connectivity index (χ0n) is 11.8. The molecule has 0 radical (unpaired) electrons. The van der Waals surface area contributed by atoms with Crippen LogP contribution in [0.25, 0.3) is 0 Å². The lowest BCUT2D eigenvalue weighted by atomic mass is 10.1. The van der Waals surface area contributed by atoms with Crippen LogP contribution in [-0.4, -0.2) is 49.2 Å². The van der Waals surface area contributed by atoms with E-state index in [9.17, 15) is 13.2 Å². The van der Waals surface area contributed by atoms with Gasteiger partial charge < -0.3 is 9.84 Å². The average molecular weight is 301 g/mol. The minimum atomic E-state index is -3.14. The van der Waals surface area contributed by atoms with Gasteiger partial charge in [0, 0.05) is 19.1 Å². The van der Waals surface area contributed by atoms with Gasteiger partial charge in [-0.15, -0.1) is 0 Å². The monoisotopic (exact) mass is 301 g/mol. The summed E-state index contributed by atoms with van der Waals surface area (Å²) in [6.45, 7) is 4.29. The molecule has 0 saturated carbocycles. The van der Waals surface area contributed by atoms with Crippen LogP contribution in [0.1, 0.15) is 34.7 Å². The normalized spacial score (nSPS) is 18.1. The minimum Gasteiger partial charge on any atom is -0.361 e. The van der Waals surface area contributed by atoms with Crippen LogP contribution in [0.5, 0.6) is 0 Å². The molecule has 0 unspecified atom stereocenters. The largest absolute Gasteiger partial charge is 0.361 e. The van der Waals surface area contributed by atoms with Gasteiger partial charge in [0.15, 0.2) is 0 Å². The van der Waals surface area contributed by atoms with Gasteiger partial charge in [0.1, 0.15) is 11.3 Å². The van der Waals surface area contributed by atoms with Crippen LogP contribution < -0.4 is 5.32 Å². The zero-order valence-corrected chi connectivity index (χ0v) is 12.7. The summed E-state index contributed by atoms with van der Waals surface area (Å²) in [6.07, 6.45) is 2.43. The second-order valence-corrected chi connectivity index (χ2v) is 7.09. The van der Waals surface area contributed by atoms with Crippen molar-refractivity contribution in [2.75, 3.05) is 19.3 Å². The Bertz CT molecular complexity index is 581. The van der Waals surface area contributed by atoms with E-state index >= 15 is 0 Å². The first kappa shape index (κ1) is 15.0. The van der Waals surface area contributed by atoms with Gasteiger partial charge in [0.25, 0.3) is 5.91 Å². The van der Waals surface area contributed by atoms with Crippen LogP contribution in [0.15, 0.2) is 4.52 Å². The summed E-state index contributed by atoms with van der Waals surface area (Å²) in [4.78, 5) is 12.2. The quantitative estimate of drug-likeness (QED) is 0.875. The minimum absolute atomic E-state index is 0.0193. The lowest BCUT2D eigenvalue weighted by molar-refractivity contribution is 0.0922. The van der Waals surface area contributed by atoms with Crippen molar-refractivity contribution in [2.45, 2.75) is 32.7 Å². The second kappa shape index (κ2) is 5.53. The number of rotatable bonds is 3. The number of carbonyl (C=O) groups excluding carboxylic acids is 1. The number of nitrogens with one attached hydrogen (secondary N) is 1. The van der Waals surface area contributed by atoms with Crippen molar-refractivity contribution in [2.24, 2.45) is 0 Å². The fraction of sp³-hybridized carbons (Fsp3) is 0.667. The van der Waals surface area contributed by atoms with Crippen LogP contribution in [0.3, 0.4) is 0 Å². The SMILES string of the molecule is Cc1noc(C)c1C(=O)NC1CCN(S(C)(=O)=O)CC1. The van der Waals surface area contributed by atoms with Gasteiger partial charge >= 0.3 is 0 Å². The number of aromatic nitrogens is 1. The van der Waals surface area contributed by atoms with Crippen molar-refractivity contribution in [3.05, 3.63) is 17.0 Å². The predicted molar refractivity (Wildman–Crippen MR) is 72.9 cm³/mol. The molecule has 2 rings (SSSR count). The summed E-state index contributed by atoms with van der Waals surface area (Å²) in [6, 6.07) is -0.0193. The molecule has 1 saturated heterocycles. The molecule has 112 valence electrons. The van der Waals surface area contributed by atoms with Crippen LogP contribution in [0.2, 0.25) is 0 Å². The molecule has 7 nitrogen and oxygen atoms in total. The third kappa shape index (κ3) is 3.18. The van der Waals surface area contributed by atoms with E-state index in [0.29, 0.717) is 42.9 Å². The van der Waals surface area contributed by atoms with E-state index in [1.54, 1.807) is 13.8 Å². The smallest absolute Gasteiger partial charge is 0.257 e. The number of carbonyl (C=O) groups is 1. The van der Waals surface area contributed by atoms with Gasteiger partial charge in [-0.25, -0.2) is 12.7 Å². The van der Waals surface area contributed by atoms with Crippen molar-refractivity contribution in [1.82, 2.24) is 14.8 Å². The molecule has 1 N–H and O–H groups in total. The number of nitrogens with zero attached hydrogens (tertiary/aromatic N) is 2. The Morgan fingerprint density at radius 2 is 1.95 bits per heavy atom. The molecule has 0 aromatic carbocycles.